The van der Waals surface area contributed by atoms with E-state index in [1.54, 1.807) is 0 Å². The monoisotopic (exact) mass is 399 g/mol. The molecule has 1 fully saturated rings. The second-order valence-electron chi connectivity index (χ2n) is 6.56. The predicted molar refractivity (Wildman–Crippen MR) is 120 cm³/mol. The van der Waals surface area contributed by atoms with Crippen molar-refractivity contribution in [3.63, 3.8) is 0 Å². The molecule has 2 aromatic carbocycles. The van der Waals surface area contributed by atoms with Crippen molar-refractivity contribution in [1.82, 2.24) is 5.32 Å². The molecule has 2 N–H and O–H groups in total. The Morgan fingerprint density at radius 2 is 1.96 bits per heavy atom. The fourth-order valence-corrected chi connectivity index (χ4v) is 4.17. The van der Waals surface area contributed by atoms with Crippen LogP contribution in [-0.2, 0) is 10.5 Å². The van der Waals surface area contributed by atoms with E-state index in [-0.39, 0.29) is 5.91 Å². The first-order chi connectivity index (χ1) is 13.1. The van der Waals surface area contributed by atoms with Gasteiger partial charge in [0.1, 0.15) is 0 Å². The molecule has 0 unspecified atom stereocenters. The van der Waals surface area contributed by atoms with Gasteiger partial charge in [-0.2, -0.15) is 11.8 Å². The lowest BCUT2D eigenvalue weighted by Gasteiger charge is -2.16. The van der Waals surface area contributed by atoms with E-state index >= 15 is 0 Å². The van der Waals surface area contributed by atoms with Crippen molar-refractivity contribution in [1.29, 1.82) is 0 Å². The number of thioether (sulfide) groups is 1. The molecule has 1 amide bonds. The minimum Gasteiger partial charge on any atom is -0.362 e. The topological polar surface area (TPSA) is 44.4 Å². The largest absolute Gasteiger partial charge is 0.362 e. The molecule has 1 aliphatic heterocycles. The van der Waals surface area contributed by atoms with Gasteiger partial charge in [-0.15, -0.1) is 0 Å². The zero-order valence-corrected chi connectivity index (χ0v) is 17.2. The highest BCUT2D eigenvalue weighted by Gasteiger charge is 2.21. The van der Waals surface area contributed by atoms with Gasteiger partial charge in [-0.1, -0.05) is 24.3 Å². The van der Waals surface area contributed by atoms with Crippen LogP contribution >= 0.6 is 24.0 Å². The summed E-state index contributed by atoms with van der Waals surface area (Å²) in [6.45, 7) is 3.78. The van der Waals surface area contributed by atoms with Crippen LogP contribution in [-0.4, -0.2) is 29.9 Å². The lowest BCUT2D eigenvalue weighted by Crippen LogP contribution is -2.30. The minimum atomic E-state index is 0.205. The molecule has 1 saturated heterocycles. The van der Waals surface area contributed by atoms with E-state index in [2.05, 4.69) is 41.8 Å². The maximum absolute atomic E-state index is 11.8. The Labute approximate surface area is 170 Å². The van der Waals surface area contributed by atoms with Gasteiger partial charge in [0.25, 0.3) is 0 Å². The number of benzene rings is 2. The molecule has 0 radical (unpaired) electrons. The summed E-state index contributed by atoms with van der Waals surface area (Å²) in [6, 6.07) is 16.3. The van der Waals surface area contributed by atoms with Crippen molar-refractivity contribution in [2.24, 2.45) is 0 Å². The molecule has 1 heterocycles. The molecule has 1 aliphatic rings. The van der Waals surface area contributed by atoms with Gasteiger partial charge >= 0.3 is 0 Å². The normalized spacial score (nSPS) is 13.7. The third-order valence-corrected chi connectivity index (χ3v) is 5.82. The number of nitrogens with zero attached hydrogens (tertiary/aromatic N) is 1. The van der Waals surface area contributed by atoms with Gasteiger partial charge in [0, 0.05) is 42.4 Å². The van der Waals surface area contributed by atoms with Crippen molar-refractivity contribution >= 4 is 46.4 Å². The molecule has 27 heavy (non-hydrogen) atoms. The molecule has 0 saturated carbocycles. The third-order valence-electron chi connectivity index (χ3n) is 4.56. The number of carbonyl (C=O) groups excluding carboxylic acids is 1. The predicted octanol–water partition coefficient (Wildman–Crippen LogP) is 4.34. The summed E-state index contributed by atoms with van der Waals surface area (Å²) < 4.78 is 0. The molecule has 0 aliphatic carbocycles. The average Bonchev–Trinajstić information content (AvgIpc) is 3.09. The van der Waals surface area contributed by atoms with Gasteiger partial charge < -0.3 is 15.5 Å². The first-order valence-corrected chi connectivity index (χ1v) is 10.8. The summed E-state index contributed by atoms with van der Waals surface area (Å²) in [4.78, 5) is 13.6. The summed E-state index contributed by atoms with van der Waals surface area (Å²) in [6.07, 6.45) is 1.59. The SMILES string of the molecule is Cc1ccccc1CSCCNC(=S)Nc1ccc(N2CCCC2=O)cc1. The third kappa shape index (κ3) is 5.71. The summed E-state index contributed by atoms with van der Waals surface area (Å²) in [5.41, 5.74) is 4.61. The van der Waals surface area contributed by atoms with Crippen LogP contribution < -0.4 is 15.5 Å². The molecule has 2 aromatic rings. The average molecular weight is 400 g/mol. The van der Waals surface area contributed by atoms with Gasteiger partial charge in [-0.25, -0.2) is 0 Å². The molecule has 4 nitrogen and oxygen atoms in total. The first kappa shape index (κ1) is 19.7. The van der Waals surface area contributed by atoms with Crippen LogP contribution in [0.4, 0.5) is 11.4 Å². The van der Waals surface area contributed by atoms with E-state index in [0.29, 0.717) is 11.5 Å². The Kier molecular flexibility index (Phi) is 7.12. The van der Waals surface area contributed by atoms with Crippen LogP contribution in [0.3, 0.4) is 0 Å². The zero-order chi connectivity index (χ0) is 19.1. The smallest absolute Gasteiger partial charge is 0.227 e. The summed E-state index contributed by atoms with van der Waals surface area (Å²) in [5, 5.41) is 7.06. The molecule has 6 heteroatoms. The number of rotatable bonds is 7. The van der Waals surface area contributed by atoms with Gasteiger partial charge in [-0.3, -0.25) is 4.79 Å². The fraction of sp³-hybridized carbons (Fsp3) is 0.333. The van der Waals surface area contributed by atoms with Crippen molar-refractivity contribution < 1.29 is 4.79 Å². The van der Waals surface area contributed by atoms with Crippen LogP contribution in [0.2, 0.25) is 0 Å². The van der Waals surface area contributed by atoms with Crippen LogP contribution in [0, 0.1) is 6.92 Å². The van der Waals surface area contributed by atoms with E-state index in [9.17, 15) is 4.79 Å². The number of amides is 1. The zero-order valence-electron chi connectivity index (χ0n) is 15.5. The summed E-state index contributed by atoms with van der Waals surface area (Å²) >= 11 is 7.26. The molecule has 0 spiro atoms. The molecular weight excluding hydrogens is 374 g/mol. The Hall–Kier alpha value is -2.05. The molecule has 142 valence electrons. The second-order valence-corrected chi connectivity index (χ2v) is 8.07. The number of aryl methyl sites for hydroxylation is 1. The van der Waals surface area contributed by atoms with E-state index < -0.39 is 0 Å². The van der Waals surface area contributed by atoms with Gasteiger partial charge in [-0.05, 0) is 61.0 Å². The van der Waals surface area contributed by atoms with Crippen LogP contribution in [0.5, 0.6) is 0 Å². The molecule has 0 atom stereocenters. The Morgan fingerprint density at radius 1 is 1.19 bits per heavy atom. The molecular formula is C21H25N3OS2. The van der Waals surface area contributed by atoms with Crippen molar-refractivity contribution in [2.75, 3.05) is 29.1 Å². The second kappa shape index (κ2) is 9.76. The van der Waals surface area contributed by atoms with E-state index in [1.165, 1.54) is 11.1 Å². The maximum Gasteiger partial charge on any atom is 0.227 e. The number of hydrogen-bond acceptors (Lipinski definition) is 3. The van der Waals surface area contributed by atoms with Crippen molar-refractivity contribution in [3.8, 4) is 0 Å². The lowest BCUT2D eigenvalue weighted by atomic mass is 10.1. The summed E-state index contributed by atoms with van der Waals surface area (Å²) in [5.74, 6) is 2.22. The van der Waals surface area contributed by atoms with E-state index in [1.807, 2.05) is 40.9 Å². The number of anilines is 2. The van der Waals surface area contributed by atoms with Crippen molar-refractivity contribution in [3.05, 3.63) is 59.7 Å². The summed E-state index contributed by atoms with van der Waals surface area (Å²) in [7, 11) is 0. The molecule has 0 bridgehead atoms. The standard InChI is InChI=1S/C21H25N3OS2/c1-16-5-2-3-6-17(16)15-27-14-12-22-21(26)23-18-8-10-19(11-9-18)24-13-4-7-20(24)25/h2-3,5-6,8-11H,4,7,12-15H2,1H3,(H2,22,23,26). The van der Waals surface area contributed by atoms with Gasteiger partial charge in [0.05, 0.1) is 0 Å². The van der Waals surface area contributed by atoms with E-state index in [4.69, 9.17) is 12.2 Å². The quantitative estimate of drug-likeness (QED) is 0.536. The van der Waals surface area contributed by atoms with E-state index in [0.717, 1.165) is 42.4 Å². The minimum absolute atomic E-state index is 0.205. The first-order valence-electron chi connectivity index (χ1n) is 9.21. The Morgan fingerprint density at radius 3 is 2.67 bits per heavy atom. The van der Waals surface area contributed by atoms with Crippen LogP contribution in [0.15, 0.2) is 48.5 Å². The lowest BCUT2D eigenvalue weighted by molar-refractivity contribution is -0.117. The highest BCUT2D eigenvalue weighted by molar-refractivity contribution is 7.98. The molecule has 3 rings (SSSR count). The Bertz CT molecular complexity index is 792. The number of thiocarbonyl (C=S) groups is 1. The van der Waals surface area contributed by atoms with Crippen LogP contribution in [0.25, 0.3) is 0 Å². The fourth-order valence-electron chi connectivity index (χ4n) is 3.01. The number of carbonyl (C=O) groups is 1. The van der Waals surface area contributed by atoms with Crippen LogP contribution in [0.1, 0.15) is 24.0 Å². The number of nitrogens with one attached hydrogen (secondary N) is 2. The highest BCUT2D eigenvalue weighted by Crippen LogP contribution is 2.23. The Balaban J connectivity index is 1.36. The van der Waals surface area contributed by atoms with Crippen molar-refractivity contribution in [2.45, 2.75) is 25.5 Å². The van der Waals surface area contributed by atoms with Gasteiger partial charge in [0.2, 0.25) is 5.91 Å². The number of hydrogen-bond donors (Lipinski definition) is 2. The highest BCUT2D eigenvalue weighted by atomic mass is 32.2. The molecule has 0 aromatic heterocycles. The van der Waals surface area contributed by atoms with Gasteiger partial charge in [0.15, 0.2) is 5.11 Å². The maximum atomic E-state index is 11.8.